The third-order valence-electron chi connectivity index (χ3n) is 20.1. The van der Waals surface area contributed by atoms with Crippen LogP contribution in [0.1, 0.15) is 335 Å². The van der Waals surface area contributed by atoms with Crippen molar-refractivity contribution < 1.29 is 117 Å². The molecule has 0 bridgehead atoms. The molecule has 101 heavy (non-hydrogen) atoms. The van der Waals surface area contributed by atoms with Crippen molar-refractivity contribution in [2.24, 2.45) is 0 Å². The molecular formula is C76H143O24P. The van der Waals surface area contributed by atoms with E-state index in [2.05, 4.69) is 20.8 Å². The van der Waals surface area contributed by atoms with E-state index in [0.717, 1.165) is 89.9 Å². The predicted molar refractivity (Wildman–Crippen MR) is 384 cm³/mol. The van der Waals surface area contributed by atoms with Crippen LogP contribution < -0.4 is 0 Å². The van der Waals surface area contributed by atoms with Crippen LogP contribution in [0.5, 0.6) is 0 Å². The van der Waals surface area contributed by atoms with Crippen molar-refractivity contribution in [3.63, 3.8) is 0 Å². The molecule has 0 amide bonds. The molecule has 3 aliphatic rings. The van der Waals surface area contributed by atoms with E-state index in [1.54, 1.807) is 0 Å². The Kier molecular flexibility index (Phi) is 53.5. The molecule has 3 fully saturated rings. The molecule has 0 aromatic heterocycles. The summed E-state index contributed by atoms with van der Waals surface area (Å²) in [5, 5.41) is 110. The van der Waals surface area contributed by atoms with Crippen LogP contribution in [0.3, 0.4) is 0 Å². The topological polar surface area (TPSA) is 374 Å². The Labute approximate surface area is 606 Å². The van der Waals surface area contributed by atoms with E-state index in [9.17, 15) is 74.9 Å². The van der Waals surface area contributed by atoms with E-state index in [-0.39, 0.29) is 19.3 Å². The summed E-state index contributed by atoms with van der Waals surface area (Å²) in [7, 11) is -5.69. The molecule has 24 nitrogen and oxygen atoms in total. The number of hydrogen-bond acceptors (Lipinski definition) is 23. The van der Waals surface area contributed by atoms with Crippen molar-refractivity contribution in [2.75, 3.05) is 26.4 Å². The number of phosphoric ester groups is 1. The molecule has 2 aliphatic heterocycles. The number of rotatable bonds is 64. The quantitative estimate of drug-likeness (QED) is 0.0117. The molecule has 596 valence electrons. The monoisotopic (exact) mass is 1470 g/mol. The van der Waals surface area contributed by atoms with Crippen molar-refractivity contribution in [2.45, 2.75) is 440 Å². The fourth-order valence-corrected chi connectivity index (χ4v) is 14.5. The smallest absolute Gasteiger partial charge is 0.463 e. The highest BCUT2D eigenvalue weighted by atomic mass is 31.2. The van der Waals surface area contributed by atoms with Crippen molar-refractivity contribution in [3.05, 3.63) is 0 Å². The Bertz CT molecular complexity index is 2080. The molecule has 18 unspecified atom stereocenters. The van der Waals surface area contributed by atoms with E-state index in [1.807, 2.05) is 0 Å². The van der Waals surface area contributed by atoms with Crippen molar-refractivity contribution in [1.29, 1.82) is 0 Å². The second kappa shape index (κ2) is 58.0. The maximum absolute atomic E-state index is 14.4. The van der Waals surface area contributed by atoms with Crippen LogP contribution in [0.2, 0.25) is 0 Å². The number of aliphatic hydroxyl groups excluding tert-OH is 10. The van der Waals surface area contributed by atoms with Gasteiger partial charge in [-0.1, -0.05) is 297 Å². The minimum absolute atomic E-state index is 0.0324. The summed E-state index contributed by atoms with van der Waals surface area (Å²) in [6, 6.07) is 0. The summed E-state index contributed by atoms with van der Waals surface area (Å²) in [4.78, 5) is 51.1. The van der Waals surface area contributed by atoms with Gasteiger partial charge in [0, 0.05) is 19.3 Å². The molecule has 0 aromatic carbocycles. The van der Waals surface area contributed by atoms with Crippen LogP contribution >= 0.6 is 7.82 Å². The van der Waals surface area contributed by atoms with Crippen LogP contribution in [0.4, 0.5) is 0 Å². The van der Waals surface area contributed by atoms with Crippen LogP contribution in [0, 0.1) is 0 Å². The van der Waals surface area contributed by atoms with Gasteiger partial charge in [-0.25, -0.2) is 4.57 Å². The Morgan fingerprint density at radius 3 is 0.970 bits per heavy atom. The van der Waals surface area contributed by atoms with Gasteiger partial charge in [-0.3, -0.25) is 23.4 Å². The van der Waals surface area contributed by atoms with Crippen LogP contribution in [-0.4, -0.2) is 204 Å². The zero-order valence-electron chi connectivity index (χ0n) is 62.5. The van der Waals surface area contributed by atoms with Gasteiger partial charge in [0.05, 0.1) is 13.2 Å². The van der Waals surface area contributed by atoms with Gasteiger partial charge >= 0.3 is 25.7 Å². The first-order valence-corrected chi connectivity index (χ1v) is 41.8. The Morgan fingerprint density at radius 2 is 0.634 bits per heavy atom. The molecule has 1 saturated carbocycles. The van der Waals surface area contributed by atoms with Gasteiger partial charge in [0.2, 0.25) is 0 Å². The summed E-state index contributed by atoms with van der Waals surface area (Å²) in [5.41, 5.74) is 0. The number of carbonyl (C=O) groups is 3. The molecule has 2 saturated heterocycles. The second-order valence-corrected chi connectivity index (χ2v) is 30.6. The fraction of sp³-hybridized carbons (Fsp3) is 0.961. The van der Waals surface area contributed by atoms with Gasteiger partial charge in [-0.15, -0.1) is 0 Å². The van der Waals surface area contributed by atoms with Crippen LogP contribution in [-0.2, 0) is 61.2 Å². The van der Waals surface area contributed by atoms with Crippen molar-refractivity contribution >= 4 is 25.7 Å². The highest BCUT2D eigenvalue weighted by Gasteiger charge is 2.58. The van der Waals surface area contributed by atoms with E-state index >= 15 is 0 Å². The number of phosphoric acid groups is 1. The largest absolute Gasteiger partial charge is 0.472 e. The van der Waals surface area contributed by atoms with Gasteiger partial charge in [-0.05, 0) is 19.3 Å². The number of ether oxygens (including phenoxy) is 7. The van der Waals surface area contributed by atoms with Gasteiger partial charge in [0.1, 0.15) is 98.7 Å². The summed E-state index contributed by atoms with van der Waals surface area (Å²) >= 11 is 0. The molecule has 2 heterocycles. The second-order valence-electron chi connectivity index (χ2n) is 29.2. The third kappa shape index (κ3) is 40.7. The lowest BCUT2D eigenvalue weighted by atomic mass is 9.84. The average molecular weight is 1470 g/mol. The summed E-state index contributed by atoms with van der Waals surface area (Å²) in [6.07, 6.45) is 17.1. The van der Waals surface area contributed by atoms with E-state index in [0.29, 0.717) is 19.3 Å². The molecule has 1 aliphatic carbocycles. The lowest BCUT2D eigenvalue weighted by molar-refractivity contribution is -0.360. The van der Waals surface area contributed by atoms with E-state index in [4.69, 9.17) is 42.2 Å². The van der Waals surface area contributed by atoms with Crippen LogP contribution in [0.15, 0.2) is 0 Å². The zero-order valence-corrected chi connectivity index (χ0v) is 63.4. The van der Waals surface area contributed by atoms with Crippen molar-refractivity contribution in [3.8, 4) is 0 Å². The normalized spacial score (nSPS) is 27.1. The minimum Gasteiger partial charge on any atom is -0.463 e. The number of aliphatic hydroxyl groups is 10. The molecule has 0 spiro atoms. The maximum Gasteiger partial charge on any atom is 0.472 e. The van der Waals surface area contributed by atoms with Crippen molar-refractivity contribution in [1.82, 2.24) is 0 Å². The first-order chi connectivity index (χ1) is 48.8. The molecule has 18 atom stereocenters. The molecule has 0 aromatic rings. The summed E-state index contributed by atoms with van der Waals surface area (Å²) in [5.74, 6) is -1.97. The highest BCUT2D eigenvalue weighted by Crippen LogP contribution is 2.49. The Balaban J connectivity index is 1.71. The SMILES string of the molecule is CCCCCCCCCCCCCCCCCCCC(=O)OC(COC(=O)CCCCCCCCCCCCCCCCCC)COP(=O)(O)OC1C(OC2OC(CO)C(O)C(O)C2O)C(O)C(O)C(O)C1OC1OC(COC(=O)CCCCCCCCCCCCCCC)C(O)C(O)C1O. The lowest BCUT2D eigenvalue weighted by Crippen LogP contribution is -2.69. The van der Waals surface area contributed by atoms with E-state index < -0.39 is 156 Å². The summed E-state index contributed by atoms with van der Waals surface area (Å²) in [6.45, 7) is 3.50. The predicted octanol–water partition coefficient (Wildman–Crippen LogP) is 12.1. The molecule has 25 heteroatoms. The lowest BCUT2D eigenvalue weighted by Gasteiger charge is -2.49. The van der Waals surface area contributed by atoms with Gasteiger partial charge in [0.15, 0.2) is 18.7 Å². The van der Waals surface area contributed by atoms with Gasteiger partial charge in [-0.2, -0.15) is 0 Å². The first-order valence-electron chi connectivity index (χ1n) is 40.3. The molecule has 3 rings (SSSR count). The van der Waals surface area contributed by atoms with Crippen LogP contribution in [0.25, 0.3) is 0 Å². The highest BCUT2D eigenvalue weighted by molar-refractivity contribution is 7.47. The Hall–Kier alpha value is -2.04. The van der Waals surface area contributed by atoms with E-state index in [1.165, 1.54) is 186 Å². The minimum atomic E-state index is -5.69. The fourth-order valence-electron chi connectivity index (χ4n) is 13.6. The Morgan fingerprint density at radius 1 is 0.347 bits per heavy atom. The first kappa shape index (κ1) is 93.2. The average Bonchev–Trinajstić information content (AvgIpc) is 0.762. The number of hydrogen-bond donors (Lipinski definition) is 11. The third-order valence-corrected chi connectivity index (χ3v) is 21.1. The number of esters is 3. The maximum atomic E-state index is 14.4. The molecule has 0 radical (unpaired) electrons. The zero-order chi connectivity index (χ0) is 73.9. The summed E-state index contributed by atoms with van der Waals surface area (Å²) < 4.78 is 65.2. The number of carbonyl (C=O) groups excluding carboxylic acids is 3. The van der Waals surface area contributed by atoms with Gasteiger partial charge < -0.3 is 89.1 Å². The molecule has 11 N–H and O–H groups in total. The standard InChI is InChI=1S/C76H143O24P/c1-4-7-10-13-16-19-22-25-27-29-31-34-37-40-43-46-49-52-62(80)95-57(54-92-60(78)50-47-44-41-38-36-33-30-28-26-23-20-17-14-11-8-5-2)55-94-101(90,91)100-74-72(98-75-70(88)65(83)63(81)58(53-77)96-75)68(86)67(85)69(87)73(74)99-76-71(89)66(84)64(82)59(97-76)56-93-61(79)51-48-45-42-39-35-32-24-21-18-15-12-9-6-3/h57-59,63-77,81-89H,4-56H2,1-3H3,(H,90,91). The van der Waals surface area contributed by atoms with Gasteiger partial charge in [0.25, 0.3) is 0 Å². The molecular weight excluding hydrogens is 1330 g/mol. The number of unbranched alkanes of at least 4 members (excludes halogenated alkanes) is 43.